The van der Waals surface area contributed by atoms with E-state index in [2.05, 4.69) is 21.7 Å². The van der Waals surface area contributed by atoms with Gasteiger partial charge in [0.05, 0.1) is 25.0 Å². The Balaban J connectivity index is 1.79. The van der Waals surface area contributed by atoms with Crippen molar-refractivity contribution in [1.82, 2.24) is 20.2 Å². The Morgan fingerprint density at radius 3 is 2.60 bits per heavy atom. The number of nitrogens with one attached hydrogen (secondary N) is 1. The normalized spacial score (nSPS) is 16.9. The van der Waals surface area contributed by atoms with Gasteiger partial charge in [-0.15, -0.1) is 5.10 Å². The van der Waals surface area contributed by atoms with Crippen LogP contribution in [0, 0.1) is 0 Å². The van der Waals surface area contributed by atoms with Gasteiger partial charge in [0.25, 0.3) is 0 Å². The lowest BCUT2D eigenvalue weighted by Crippen LogP contribution is -3.08. The number of aromatic nitrogens is 4. The molecule has 0 saturated carbocycles. The summed E-state index contributed by atoms with van der Waals surface area (Å²) in [5.74, 6) is 0.741. The van der Waals surface area contributed by atoms with Crippen LogP contribution < -0.4 is 4.90 Å². The van der Waals surface area contributed by atoms with Gasteiger partial charge in [-0.3, -0.25) is 0 Å². The summed E-state index contributed by atoms with van der Waals surface area (Å²) in [7, 11) is 0. The lowest BCUT2D eigenvalue weighted by Gasteiger charge is -2.18. The molecule has 3 rings (SSSR count). The molecule has 6 heteroatoms. The van der Waals surface area contributed by atoms with E-state index in [1.54, 1.807) is 4.68 Å². The molecule has 5 nitrogen and oxygen atoms in total. The molecule has 1 aromatic heterocycles. The van der Waals surface area contributed by atoms with Gasteiger partial charge in [-0.25, -0.2) is 0 Å². The fourth-order valence-corrected chi connectivity index (χ4v) is 2.56. The topological polar surface area (TPSA) is 48.0 Å². The average Bonchev–Trinajstić information content (AvgIpc) is 2.95. The van der Waals surface area contributed by atoms with Crippen LogP contribution in [0.5, 0.6) is 0 Å². The van der Waals surface area contributed by atoms with Crippen molar-refractivity contribution in [1.29, 1.82) is 0 Å². The molecule has 1 N–H and O–H groups in total. The lowest BCUT2D eigenvalue weighted by molar-refractivity contribution is -0.851. The monoisotopic (exact) mass is 290 g/mol. The fourth-order valence-electron chi connectivity index (χ4n) is 2.43. The van der Waals surface area contributed by atoms with Crippen LogP contribution in [0.15, 0.2) is 30.5 Å². The van der Waals surface area contributed by atoms with E-state index in [1.807, 2.05) is 30.3 Å². The van der Waals surface area contributed by atoms with Crippen molar-refractivity contribution >= 4 is 17.7 Å². The van der Waals surface area contributed by atoms with Gasteiger partial charge >= 0.3 is 0 Å². The van der Waals surface area contributed by atoms with Gasteiger partial charge in [-0.2, -0.15) is 4.68 Å². The molecule has 1 aliphatic rings. The van der Waals surface area contributed by atoms with Gasteiger partial charge in [-0.05, 0) is 54.0 Å². The molecular formula is C14H17ClN5+. The SMILES string of the molecule is Clc1ccc(-n2nnnc2/C=C/[NH+]2CCCCC2)cc1. The quantitative estimate of drug-likeness (QED) is 0.928. The summed E-state index contributed by atoms with van der Waals surface area (Å²) in [6, 6.07) is 7.48. The maximum absolute atomic E-state index is 5.90. The molecule has 0 radical (unpaired) electrons. The first-order valence-corrected chi connectivity index (χ1v) is 7.28. The second-order valence-corrected chi connectivity index (χ2v) is 5.41. The number of tetrazole rings is 1. The van der Waals surface area contributed by atoms with Crippen molar-refractivity contribution in [3.63, 3.8) is 0 Å². The van der Waals surface area contributed by atoms with E-state index in [9.17, 15) is 0 Å². The van der Waals surface area contributed by atoms with E-state index in [-0.39, 0.29) is 0 Å². The highest BCUT2D eigenvalue weighted by atomic mass is 35.5. The number of quaternary nitrogens is 1. The van der Waals surface area contributed by atoms with Gasteiger partial charge < -0.3 is 4.90 Å². The summed E-state index contributed by atoms with van der Waals surface area (Å²) in [5.41, 5.74) is 0.910. The molecule has 0 bridgehead atoms. The minimum Gasteiger partial charge on any atom is -0.309 e. The number of hydrogen-bond donors (Lipinski definition) is 1. The largest absolute Gasteiger partial charge is 0.309 e. The second kappa shape index (κ2) is 6.15. The summed E-state index contributed by atoms with van der Waals surface area (Å²) in [6.45, 7) is 2.39. The van der Waals surface area contributed by atoms with Crippen molar-refractivity contribution in [2.45, 2.75) is 19.3 Å². The Hall–Kier alpha value is -1.72. The summed E-state index contributed by atoms with van der Waals surface area (Å²) in [5, 5.41) is 12.6. The van der Waals surface area contributed by atoms with Crippen molar-refractivity contribution in [3.8, 4) is 5.69 Å². The van der Waals surface area contributed by atoms with Crippen LogP contribution in [-0.2, 0) is 0 Å². The summed E-state index contributed by atoms with van der Waals surface area (Å²) < 4.78 is 1.72. The molecule has 2 aromatic rings. The molecule has 104 valence electrons. The molecule has 1 aliphatic heterocycles. The summed E-state index contributed by atoms with van der Waals surface area (Å²) in [6.07, 6.45) is 8.09. The smallest absolute Gasteiger partial charge is 0.185 e. The molecule has 20 heavy (non-hydrogen) atoms. The zero-order valence-corrected chi connectivity index (χ0v) is 11.9. The Morgan fingerprint density at radius 1 is 1.10 bits per heavy atom. The second-order valence-electron chi connectivity index (χ2n) is 4.98. The number of likely N-dealkylation sites (tertiary alicyclic amines) is 1. The highest BCUT2D eigenvalue weighted by molar-refractivity contribution is 6.30. The maximum Gasteiger partial charge on any atom is 0.185 e. The van der Waals surface area contributed by atoms with E-state index in [0.29, 0.717) is 5.02 Å². The molecule has 0 aliphatic carbocycles. The van der Waals surface area contributed by atoms with Gasteiger partial charge in [0, 0.05) is 11.1 Å². The Morgan fingerprint density at radius 2 is 1.85 bits per heavy atom. The Bertz CT molecular complexity index is 584. The van der Waals surface area contributed by atoms with E-state index >= 15 is 0 Å². The summed E-state index contributed by atoms with van der Waals surface area (Å²) >= 11 is 5.90. The van der Waals surface area contributed by atoms with Gasteiger partial charge in [-0.1, -0.05) is 11.6 Å². The van der Waals surface area contributed by atoms with Crippen LogP contribution in [0.3, 0.4) is 0 Å². The predicted octanol–water partition coefficient (Wildman–Crippen LogP) is 1.36. The molecule has 0 spiro atoms. The molecule has 0 amide bonds. The van der Waals surface area contributed by atoms with Crippen LogP contribution in [0.1, 0.15) is 25.1 Å². The zero-order chi connectivity index (χ0) is 13.8. The minimum atomic E-state index is 0.705. The molecule has 1 fully saturated rings. The standard InChI is InChI=1S/C14H16ClN5/c15-12-4-6-13(7-5-12)20-14(16-17-18-20)8-11-19-9-2-1-3-10-19/h4-8,11H,1-3,9-10H2/p+1/b11-8+. The lowest BCUT2D eigenvalue weighted by atomic mass is 10.1. The molecule has 0 atom stereocenters. The first-order valence-electron chi connectivity index (χ1n) is 6.90. The third-order valence-corrected chi connectivity index (χ3v) is 3.78. The Labute approximate surface area is 122 Å². The van der Waals surface area contributed by atoms with E-state index in [1.165, 1.54) is 37.3 Å². The maximum atomic E-state index is 5.90. The number of nitrogens with zero attached hydrogens (tertiary/aromatic N) is 4. The van der Waals surface area contributed by atoms with Gasteiger partial charge in [0.15, 0.2) is 5.82 Å². The van der Waals surface area contributed by atoms with Crippen LogP contribution in [0.4, 0.5) is 0 Å². The fraction of sp³-hybridized carbons (Fsp3) is 0.357. The first kappa shape index (κ1) is 13.3. The van der Waals surface area contributed by atoms with Crippen molar-refractivity contribution in [2.24, 2.45) is 0 Å². The molecule has 0 unspecified atom stereocenters. The van der Waals surface area contributed by atoms with Crippen molar-refractivity contribution in [2.75, 3.05) is 13.1 Å². The summed E-state index contributed by atoms with van der Waals surface area (Å²) in [4.78, 5) is 1.49. The Kier molecular flexibility index (Phi) is 4.08. The predicted molar refractivity (Wildman–Crippen MR) is 77.7 cm³/mol. The van der Waals surface area contributed by atoms with Gasteiger partial charge in [0.2, 0.25) is 0 Å². The number of piperidine rings is 1. The van der Waals surface area contributed by atoms with Gasteiger partial charge in [0.1, 0.15) is 0 Å². The third-order valence-electron chi connectivity index (χ3n) is 3.53. The van der Waals surface area contributed by atoms with Crippen molar-refractivity contribution in [3.05, 3.63) is 41.3 Å². The number of rotatable bonds is 3. The minimum absolute atomic E-state index is 0.705. The van der Waals surface area contributed by atoms with E-state index in [4.69, 9.17) is 11.6 Å². The molecule has 1 saturated heterocycles. The zero-order valence-electron chi connectivity index (χ0n) is 11.2. The molecule has 1 aromatic carbocycles. The average molecular weight is 291 g/mol. The van der Waals surface area contributed by atoms with E-state index in [0.717, 1.165) is 11.5 Å². The third kappa shape index (κ3) is 3.05. The van der Waals surface area contributed by atoms with Crippen LogP contribution in [-0.4, -0.2) is 33.3 Å². The van der Waals surface area contributed by atoms with Crippen molar-refractivity contribution < 1.29 is 4.90 Å². The van der Waals surface area contributed by atoms with Crippen LogP contribution in [0.25, 0.3) is 11.8 Å². The van der Waals surface area contributed by atoms with E-state index < -0.39 is 0 Å². The molecule has 2 heterocycles. The first-order chi connectivity index (χ1) is 9.83. The number of halogens is 1. The highest BCUT2D eigenvalue weighted by Gasteiger charge is 2.11. The number of benzene rings is 1. The number of hydrogen-bond acceptors (Lipinski definition) is 3. The van der Waals surface area contributed by atoms with Crippen LogP contribution >= 0.6 is 11.6 Å². The highest BCUT2D eigenvalue weighted by Crippen LogP contribution is 2.13. The van der Waals surface area contributed by atoms with Crippen LogP contribution in [0.2, 0.25) is 5.02 Å². The molecular weight excluding hydrogens is 274 g/mol.